The molecular weight excluding hydrogens is 342 g/mol. The summed E-state index contributed by atoms with van der Waals surface area (Å²) in [6, 6.07) is 9.20. The molecule has 2 aromatic rings. The first-order valence-corrected chi connectivity index (χ1v) is 9.68. The summed E-state index contributed by atoms with van der Waals surface area (Å²) < 4.78 is 1.87. The number of anilines is 2. The molecule has 2 N–H and O–H groups in total. The highest BCUT2D eigenvalue weighted by Gasteiger charge is 2.24. The van der Waals surface area contributed by atoms with Gasteiger partial charge in [-0.2, -0.15) is 5.10 Å². The normalized spacial score (nSPS) is 19.4. The third-order valence-corrected chi connectivity index (χ3v) is 5.31. The van der Waals surface area contributed by atoms with E-state index in [2.05, 4.69) is 44.7 Å². The number of urea groups is 1. The second-order valence-corrected chi connectivity index (χ2v) is 7.35. The average Bonchev–Trinajstić information content (AvgIpc) is 3.34. The molecule has 0 bridgehead atoms. The van der Waals surface area contributed by atoms with Gasteiger partial charge in [-0.25, -0.2) is 9.78 Å². The minimum absolute atomic E-state index is 0.00331. The van der Waals surface area contributed by atoms with Gasteiger partial charge in [0.05, 0.1) is 6.54 Å². The summed E-state index contributed by atoms with van der Waals surface area (Å²) in [5.74, 6) is 0. The number of piperidine rings is 1. The number of amides is 2. The first-order valence-electron chi connectivity index (χ1n) is 9.68. The van der Waals surface area contributed by atoms with E-state index in [1.807, 2.05) is 21.7 Å². The van der Waals surface area contributed by atoms with E-state index in [1.54, 1.807) is 12.7 Å². The highest BCUT2D eigenvalue weighted by atomic mass is 16.2. The van der Waals surface area contributed by atoms with Crippen molar-refractivity contribution in [1.82, 2.24) is 25.4 Å². The van der Waals surface area contributed by atoms with Gasteiger partial charge in [-0.1, -0.05) is 6.07 Å². The van der Waals surface area contributed by atoms with Gasteiger partial charge in [0.25, 0.3) is 0 Å². The van der Waals surface area contributed by atoms with Crippen molar-refractivity contribution in [1.29, 1.82) is 0 Å². The van der Waals surface area contributed by atoms with E-state index in [4.69, 9.17) is 0 Å². The summed E-state index contributed by atoms with van der Waals surface area (Å²) >= 11 is 0. The molecule has 4 rings (SSSR count). The van der Waals surface area contributed by atoms with Crippen LogP contribution in [0, 0.1) is 0 Å². The third kappa shape index (κ3) is 4.21. The Balaban J connectivity index is 1.30. The molecule has 8 heteroatoms. The van der Waals surface area contributed by atoms with Crippen molar-refractivity contribution in [2.24, 2.45) is 0 Å². The molecule has 2 amide bonds. The lowest BCUT2D eigenvalue weighted by atomic mass is 10.0. The van der Waals surface area contributed by atoms with Gasteiger partial charge in [0.1, 0.15) is 12.7 Å². The topological polar surface area (TPSA) is 78.3 Å². The van der Waals surface area contributed by atoms with Crippen LogP contribution in [-0.4, -0.2) is 59.1 Å². The van der Waals surface area contributed by atoms with Crippen molar-refractivity contribution in [2.75, 3.05) is 36.0 Å². The van der Waals surface area contributed by atoms with Gasteiger partial charge in [-0.05, 0) is 38.0 Å². The molecule has 2 aliphatic rings. The fourth-order valence-electron chi connectivity index (χ4n) is 3.94. The number of carbonyl (C=O) groups is 1. The highest BCUT2D eigenvalue weighted by Crippen LogP contribution is 2.26. The summed E-state index contributed by atoms with van der Waals surface area (Å²) in [6.07, 6.45) is 5.55. The lowest BCUT2D eigenvalue weighted by molar-refractivity contribution is 0.252. The van der Waals surface area contributed by atoms with Gasteiger partial charge in [-0.3, -0.25) is 9.58 Å². The maximum absolute atomic E-state index is 11.9. The van der Waals surface area contributed by atoms with Crippen molar-refractivity contribution in [2.45, 2.75) is 38.4 Å². The minimum atomic E-state index is -0.00331. The molecule has 8 nitrogen and oxygen atoms in total. The molecular formula is C19H27N7O. The van der Waals surface area contributed by atoms with Crippen LogP contribution < -0.4 is 20.4 Å². The van der Waals surface area contributed by atoms with Crippen LogP contribution in [0.5, 0.6) is 0 Å². The van der Waals surface area contributed by atoms with Crippen molar-refractivity contribution < 1.29 is 4.79 Å². The van der Waals surface area contributed by atoms with Gasteiger partial charge in [0, 0.05) is 49.6 Å². The maximum Gasteiger partial charge on any atom is 0.321 e. The molecule has 1 atom stereocenters. The Hall–Kier alpha value is -2.61. The molecule has 0 aliphatic carbocycles. The monoisotopic (exact) mass is 369 g/mol. The molecule has 1 aromatic heterocycles. The van der Waals surface area contributed by atoms with Crippen molar-refractivity contribution in [3.05, 3.63) is 36.9 Å². The maximum atomic E-state index is 11.9. The Morgan fingerprint density at radius 3 is 2.78 bits per heavy atom. The van der Waals surface area contributed by atoms with Crippen molar-refractivity contribution in [3.63, 3.8) is 0 Å². The van der Waals surface area contributed by atoms with Gasteiger partial charge < -0.3 is 15.5 Å². The molecule has 3 heterocycles. The summed E-state index contributed by atoms with van der Waals surface area (Å²) in [5, 5.41) is 10.7. The van der Waals surface area contributed by atoms with Gasteiger partial charge in [0.2, 0.25) is 0 Å². The molecule has 0 saturated carbocycles. The van der Waals surface area contributed by atoms with Gasteiger partial charge in [-0.15, -0.1) is 0 Å². The summed E-state index contributed by atoms with van der Waals surface area (Å²) in [6.45, 7) is 6.51. The minimum Gasteiger partial charge on any atom is -0.371 e. The van der Waals surface area contributed by atoms with E-state index in [0.717, 1.165) is 44.7 Å². The highest BCUT2D eigenvalue weighted by molar-refractivity contribution is 5.94. The predicted molar refractivity (Wildman–Crippen MR) is 105 cm³/mol. The number of nitrogens with one attached hydrogen (secondary N) is 2. The Kier molecular flexibility index (Phi) is 5.24. The fraction of sp³-hybridized carbons (Fsp3) is 0.526. The van der Waals surface area contributed by atoms with E-state index in [1.165, 1.54) is 5.69 Å². The van der Waals surface area contributed by atoms with E-state index in [-0.39, 0.29) is 6.03 Å². The molecule has 2 saturated heterocycles. The summed E-state index contributed by atoms with van der Waals surface area (Å²) in [7, 11) is 0. The van der Waals surface area contributed by atoms with Crippen molar-refractivity contribution in [3.8, 4) is 0 Å². The Morgan fingerprint density at radius 1 is 1.26 bits per heavy atom. The standard InChI is InChI=1S/C19H27N7O/c1-15(12-25-14-20-13-22-25)23-16-5-8-24(9-6-16)17-3-2-4-18(11-17)26-10-7-21-19(26)27/h2-4,11,13-16,23H,5-10,12H2,1H3,(H,21,27). The number of hydrogen-bond donors (Lipinski definition) is 2. The second-order valence-electron chi connectivity index (χ2n) is 7.35. The smallest absolute Gasteiger partial charge is 0.321 e. The largest absolute Gasteiger partial charge is 0.371 e. The van der Waals surface area contributed by atoms with Crippen LogP contribution in [0.25, 0.3) is 0 Å². The Bertz CT molecular complexity index is 755. The van der Waals surface area contributed by atoms with Crippen LogP contribution in [0.3, 0.4) is 0 Å². The quantitative estimate of drug-likeness (QED) is 0.806. The van der Waals surface area contributed by atoms with E-state index >= 15 is 0 Å². The van der Waals surface area contributed by atoms with E-state index in [9.17, 15) is 4.79 Å². The Labute approximate surface area is 159 Å². The zero-order valence-electron chi connectivity index (χ0n) is 15.7. The molecule has 0 radical (unpaired) electrons. The van der Waals surface area contributed by atoms with E-state index in [0.29, 0.717) is 18.6 Å². The fourth-order valence-corrected chi connectivity index (χ4v) is 3.94. The number of nitrogens with zero attached hydrogens (tertiary/aromatic N) is 5. The first-order chi connectivity index (χ1) is 13.2. The third-order valence-electron chi connectivity index (χ3n) is 5.31. The summed E-state index contributed by atoms with van der Waals surface area (Å²) in [4.78, 5) is 20.1. The zero-order chi connectivity index (χ0) is 18.6. The molecule has 2 aliphatic heterocycles. The molecule has 0 spiro atoms. The molecule has 144 valence electrons. The van der Waals surface area contributed by atoms with Crippen LogP contribution >= 0.6 is 0 Å². The number of carbonyl (C=O) groups excluding carboxylic acids is 1. The van der Waals surface area contributed by atoms with Crippen LogP contribution in [0.1, 0.15) is 19.8 Å². The van der Waals surface area contributed by atoms with Crippen molar-refractivity contribution >= 4 is 17.4 Å². The molecule has 2 fully saturated rings. The number of aromatic nitrogens is 3. The molecule has 27 heavy (non-hydrogen) atoms. The number of rotatable bonds is 6. The van der Waals surface area contributed by atoms with Gasteiger partial charge in [0.15, 0.2) is 0 Å². The summed E-state index contributed by atoms with van der Waals surface area (Å²) in [5.41, 5.74) is 2.17. The molecule has 1 aromatic carbocycles. The Morgan fingerprint density at radius 2 is 2.07 bits per heavy atom. The lowest BCUT2D eigenvalue weighted by Crippen LogP contribution is -2.46. The SMILES string of the molecule is CC(Cn1cncn1)NC1CCN(c2cccc(N3CCNC3=O)c2)CC1. The van der Waals surface area contributed by atoms with Crippen LogP contribution in [0.2, 0.25) is 0 Å². The van der Waals surface area contributed by atoms with Crippen LogP contribution in [-0.2, 0) is 6.54 Å². The molecule has 1 unspecified atom stereocenters. The second kappa shape index (κ2) is 7.96. The lowest BCUT2D eigenvalue weighted by Gasteiger charge is -2.35. The van der Waals surface area contributed by atoms with Crippen LogP contribution in [0.4, 0.5) is 16.2 Å². The number of benzene rings is 1. The number of hydrogen-bond acceptors (Lipinski definition) is 5. The van der Waals surface area contributed by atoms with Gasteiger partial charge >= 0.3 is 6.03 Å². The van der Waals surface area contributed by atoms with Crippen LogP contribution in [0.15, 0.2) is 36.9 Å². The predicted octanol–water partition coefficient (Wildman–Crippen LogP) is 1.45. The zero-order valence-corrected chi connectivity index (χ0v) is 15.7. The first kappa shape index (κ1) is 17.8. The van der Waals surface area contributed by atoms with E-state index < -0.39 is 0 Å². The average molecular weight is 369 g/mol.